The maximum atomic E-state index is 11.9. The molecule has 0 radical (unpaired) electrons. The Labute approximate surface area is 110 Å². The number of ether oxygens (including phenoxy) is 1. The van der Waals surface area contributed by atoms with E-state index < -0.39 is 23.8 Å². The average Bonchev–Trinajstić information content (AvgIpc) is 2.75. The van der Waals surface area contributed by atoms with E-state index in [1.807, 2.05) is 60.7 Å². The van der Waals surface area contributed by atoms with Crippen molar-refractivity contribution in [1.82, 2.24) is 0 Å². The van der Waals surface area contributed by atoms with Crippen molar-refractivity contribution in [1.29, 1.82) is 0 Å². The molecule has 1 aliphatic rings. The zero-order valence-corrected chi connectivity index (χ0v) is 10.2. The number of hydrogen-bond donors (Lipinski definition) is 0. The van der Waals surface area contributed by atoms with Crippen LogP contribution < -0.4 is 0 Å². The van der Waals surface area contributed by atoms with E-state index in [2.05, 4.69) is 0 Å². The Hall–Kier alpha value is -2.42. The van der Waals surface area contributed by atoms with E-state index in [0.717, 1.165) is 11.1 Å². The number of hydrogen-bond acceptors (Lipinski definition) is 3. The van der Waals surface area contributed by atoms with Gasteiger partial charge in [0.15, 0.2) is 0 Å². The number of carbonyl (C=O) groups is 2. The summed E-state index contributed by atoms with van der Waals surface area (Å²) >= 11 is 0. The van der Waals surface area contributed by atoms with Gasteiger partial charge >= 0.3 is 11.9 Å². The summed E-state index contributed by atoms with van der Waals surface area (Å²) in [7, 11) is 0. The van der Waals surface area contributed by atoms with E-state index in [4.69, 9.17) is 4.74 Å². The minimum absolute atomic E-state index is 0.468. The van der Waals surface area contributed by atoms with Gasteiger partial charge in [0.1, 0.15) is 0 Å². The average molecular weight is 252 g/mol. The molecule has 0 aliphatic carbocycles. The number of rotatable bonds is 2. The lowest BCUT2D eigenvalue weighted by atomic mass is 9.83. The molecule has 0 bridgehead atoms. The summed E-state index contributed by atoms with van der Waals surface area (Å²) in [6.45, 7) is 0. The molecule has 0 amide bonds. The topological polar surface area (TPSA) is 43.4 Å². The fraction of sp³-hybridized carbons (Fsp3) is 0.125. The predicted molar refractivity (Wildman–Crippen MR) is 69.5 cm³/mol. The Morgan fingerprint density at radius 2 is 1.00 bits per heavy atom. The molecule has 1 fully saturated rings. The van der Waals surface area contributed by atoms with Crippen LogP contribution >= 0.6 is 0 Å². The summed E-state index contributed by atoms with van der Waals surface area (Å²) in [6, 6.07) is 18.6. The molecule has 2 atom stereocenters. The lowest BCUT2D eigenvalue weighted by Gasteiger charge is -2.14. The molecule has 94 valence electrons. The Bertz CT molecular complexity index is 549. The molecule has 3 heteroatoms. The van der Waals surface area contributed by atoms with Crippen LogP contribution in [-0.2, 0) is 14.3 Å². The zero-order valence-electron chi connectivity index (χ0n) is 10.2. The summed E-state index contributed by atoms with van der Waals surface area (Å²) in [5.74, 6) is -2.03. The first-order chi connectivity index (χ1) is 9.27. The monoisotopic (exact) mass is 252 g/mol. The second-order valence-electron chi connectivity index (χ2n) is 4.52. The van der Waals surface area contributed by atoms with Crippen LogP contribution in [0, 0.1) is 0 Å². The van der Waals surface area contributed by atoms with Crippen molar-refractivity contribution >= 4 is 11.9 Å². The number of cyclic esters (lactones) is 2. The highest BCUT2D eigenvalue weighted by Crippen LogP contribution is 2.39. The fourth-order valence-corrected chi connectivity index (χ4v) is 2.48. The quantitative estimate of drug-likeness (QED) is 0.609. The van der Waals surface area contributed by atoms with Gasteiger partial charge in [-0.1, -0.05) is 60.7 Å². The van der Waals surface area contributed by atoms with Crippen molar-refractivity contribution in [3.63, 3.8) is 0 Å². The third kappa shape index (κ3) is 2.03. The van der Waals surface area contributed by atoms with Crippen LogP contribution in [0.3, 0.4) is 0 Å². The smallest absolute Gasteiger partial charge is 0.322 e. The molecular formula is C16H12O3. The Kier molecular flexibility index (Phi) is 2.88. The molecule has 2 aromatic rings. The van der Waals surface area contributed by atoms with Gasteiger partial charge in [-0.2, -0.15) is 0 Å². The first-order valence-corrected chi connectivity index (χ1v) is 6.13. The van der Waals surface area contributed by atoms with Gasteiger partial charge in [-0.3, -0.25) is 9.59 Å². The minimum atomic E-state index is -0.545. The van der Waals surface area contributed by atoms with E-state index in [1.54, 1.807) is 0 Å². The Balaban J connectivity index is 2.06. The van der Waals surface area contributed by atoms with Gasteiger partial charge in [-0.05, 0) is 11.1 Å². The van der Waals surface area contributed by atoms with Gasteiger partial charge in [0, 0.05) is 0 Å². The summed E-state index contributed by atoms with van der Waals surface area (Å²) in [5, 5.41) is 0. The molecule has 0 aromatic heterocycles. The number of esters is 2. The zero-order chi connectivity index (χ0) is 13.2. The largest absolute Gasteiger partial charge is 0.392 e. The summed E-state index contributed by atoms with van der Waals surface area (Å²) in [4.78, 5) is 23.9. The lowest BCUT2D eigenvalue weighted by molar-refractivity contribution is -0.152. The molecular weight excluding hydrogens is 240 g/mol. The standard InChI is InChI=1S/C16H12O3/c17-15-13(11-7-3-1-4-8-11)14(16(18)19-15)12-9-5-2-6-10-12/h1-10,13-14H/t13-,14-/m0/s1. The van der Waals surface area contributed by atoms with Crippen molar-refractivity contribution in [2.24, 2.45) is 0 Å². The maximum absolute atomic E-state index is 11.9. The van der Waals surface area contributed by atoms with Gasteiger partial charge in [-0.15, -0.1) is 0 Å². The third-order valence-corrected chi connectivity index (χ3v) is 3.36. The molecule has 1 saturated heterocycles. The molecule has 1 aliphatic heterocycles. The highest BCUT2D eigenvalue weighted by molar-refractivity contribution is 6.02. The Morgan fingerprint density at radius 3 is 1.37 bits per heavy atom. The molecule has 3 nitrogen and oxygen atoms in total. The Morgan fingerprint density at radius 1 is 0.632 bits per heavy atom. The predicted octanol–water partition coefficient (Wildman–Crippen LogP) is 2.64. The van der Waals surface area contributed by atoms with Crippen LogP contribution in [0.15, 0.2) is 60.7 Å². The molecule has 0 unspecified atom stereocenters. The number of carbonyl (C=O) groups excluding carboxylic acids is 2. The van der Waals surface area contributed by atoms with E-state index in [0.29, 0.717) is 0 Å². The second kappa shape index (κ2) is 4.69. The third-order valence-electron chi connectivity index (χ3n) is 3.36. The van der Waals surface area contributed by atoms with Crippen molar-refractivity contribution in [3.8, 4) is 0 Å². The minimum Gasteiger partial charge on any atom is -0.392 e. The van der Waals surface area contributed by atoms with Crippen molar-refractivity contribution in [3.05, 3.63) is 71.8 Å². The van der Waals surface area contributed by atoms with Crippen molar-refractivity contribution in [2.75, 3.05) is 0 Å². The van der Waals surface area contributed by atoms with E-state index >= 15 is 0 Å². The highest BCUT2D eigenvalue weighted by Gasteiger charge is 2.45. The molecule has 3 rings (SSSR count). The maximum Gasteiger partial charge on any atom is 0.322 e. The molecule has 0 saturated carbocycles. The molecule has 1 heterocycles. The van der Waals surface area contributed by atoms with Crippen molar-refractivity contribution in [2.45, 2.75) is 11.8 Å². The molecule has 0 N–H and O–H groups in total. The van der Waals surface area contributed by atoms with Crippen LogP contribution in [-0.4, -0.2) is 11.9 Å². The van der Waals surface area contributed by atoms with Gasteiger partial charge in [0.05, 0.1) is 11.8 Å². The molecule has 0 spiro atoms. The van der Waals surface area contributed by atoms with Gasteiger partial charge in [-0.25, -0.2) is 0 Å². The van der Waals surface area contributed by atoms with Crippen molar-refractivity contribution < 1.29 is 14.3 Å². The highest BCUT2D eigenvalue weighted by atomic mass is 16.6. The van der Waals surface area contributed by atoms with Crippen LogP contribution in [0.4, 0.5) is 0 Å². The lowest BCUT2D eigenvalue weighted by Crippen LogP contribution is -2.14. The van der Waals surface area contributed by atoms with Gasteiger partial charge < -0.3 is 4.74 Å². The normalized spacial score (nSPS) is 22.3. The van der Waals surface area contributed by atoms with Crippen LogP contribution in [0.2, 0.25) is 0 Å². The van der Waals surface area contributed by atoms with Gasteiger partial charge in [0.25, 0.3) is 0 Å². The van der Waals surface area contributed by atoms with Crippen LogP contribution in [0.25, 0.3) is 0 Å². The summed E-state index contributed by atoms with van der Waals surface area (Å²) in [5.41, 5.74) is 1.62. The fourth-order valence-electron chi connectivity index (χ4n) is 2.48. The molecule has 2 aromatic carbocycles. The van der Waals surface area contributed by atoms with E-state index in [9.17, 15) is 9.59 Å². The SMILES string of the molecule is O=C1OC(=O)[C@@H](c2ccccc2)[C@@H]1c1ccccc1. The number of benzene rings is 2. The first-order valence-electron chi connectivity index (χ1n) is 6.13. The second-order valence-corrected chi connectivity index (χ2v) is 4.52. The summed E-state index contributed by atoms with van der Waals surface area (Å²) < 4.78 is 4.82. The first kappa shape index (κ1) is 11.7. The van der Waals surface area contributed by atoms with Crippen LogP contribution in [0.1, 0.15) is 23.0 Å². The van der Waals surface area contributed by atoms with Crippen LogP contribution in [0.5, 0.6) is 0 Å². The van der Waals surface area contributed by atoms with Gasteiger partial charge in [0.2, 0.25) is 0 Å². The van der Waals surface area contributed by atoms with E-state index in [1.165, 1.54) is 0 Å². The molecule has 19 heavy (non-hydrogen) atoms. The summed E-state index contributed by atoms with van der Waals surface area (Å²) in [6.07, 6.45) is 0. The van der Waals surface area contributed by atoms with E-state index in [-0.39, 0.29) is 0 Å².